The van der Waals surface area contributed by atoms with Gasteiger partial charge in [0.05, 0.1) is 31.4 Å². The quantitative estimate of drug-likeness (QED) is 0.170. The fourth-order valence-electron chi connectivity index (χ4n) is 4.82. The molecule has 4 aromatic carbocycles. The first-order chi connectivity index (χ1) is 20.0. The average molecular weight is 548 g/mol. The predicted octanol–water partition coefficient (Wildman–Crippen LogP) is 7.78. The van der Waals surface area contributed by atoms with E-state index in [2.05, 4.69) is 24.3 Å². The number of halogens is 1. The van der Waals surface area contributed by atoms with Crippen molar-refractivity contribution >= 4 is 12.0 Å². The number of nitrogens with zero attached hydrogens (tertiary/aromatic N) is 1. The van der Waals surface area contributed by atoms with Gasteiger partial charge in [0, 0.05) is 0 Å². The van der Waals surface area contributed by atoms with Crippen LogP contribution in [0.2, 0.25) is 0 Å². The van der Waals surface area contributed by atoms with E-state index in [0.29, 0.717) is 11.1 Å². The van der Waals surface area contributed by atoms with E-state index in [1.807, 2.05) is 60.7 Å². The summed E-state index contributed by atoms with van der Waals surface area (Å²) in [6.45, 7) is 0. The molecule has 0 fully saturated rings. The Hall–Kier alpha value is -4.69. The van der Waals surface area contributed by atoms with Gasteiger partial charge in [-0.3, -0.25) is 0 Å². The Morgan fingerprint density at radius 2 is 1.51 bits per heavy atom. The summed E-state index contributed by atoms with van der Waals surface area (Å²) in [6.07, 6.45) is 8.32. The van der Waals surface area contributed by atoms with E-state index in [9.17, 15) is 9.18 Å². The molecule has 208 valence electrons. The van der Waals surface area contributed by atoms with Crippen LogP contribution < -0.4 is 4.74 Å². The van der Waals surface area contributed by atoms with Crippen LogP contribution in [0.3, 0.4) is 0 Å². The molecule has 4 nitrogen and oxygen atoms in total. The van der Waals surface area contributed by atoms with E-state index in [-0.39, 0.29) is 17.7 Å². The Bertz CT molecular complexity index is 1500. The lowest BCUT2D eigenvalue weighted by atomic mass is 9.90. The number of benzene rings is 4. The van der Waals surface area contributed by atoms with Crippen molar-refractivity contribution in [2.75, 3.05) is 14.2 Å². The van der Waals surface area contributed by atoms with E-state index >= 15 is 0 Å². The summed E-state index contributed by atoms with van der Waals surface area (Å²) in [7, 11) is 3.03. The minimum Gasteiger partial charge on any atom is -0.497 e. The smallest absolute Gasteiger partial charge is 0.337 e. The first-order valence-electron chi connectivity index (χ1n) is 13.7. The minimum atomic E-state index is -0.359. The van der Waals surface area contributed by atoms with Crippen molar-refractivity contribution in [1.29, 1.82) is 5.26 Å². The lowest BCUT2D eigenvalue weighted by molar-refractivity contribution is 0.0600. The highest BCUT2D eigenvalue weighted by molar-refractivity contribution is 5.89. The standard InChI is InChI=1S/C36H34FNO3/c1-40-35-21-13-27(14-22-35)9-15-31-19-20-34(37)24-33(31)18-12-28(6-3-26-4-7-30(25-38)8-5-26)23-29-10-16-32(17-11-29)36(39)41-2/h4-5,7-8,10-14,16-22,24,28H,3,6,9,15,23H2,1-2H3. The molecule has 0 aliphatic rings. The molecule has 0 spiro atoms. The third kappa shape index (κ3) is 8.65. The number of hydrogen-bond acceptors (Lipinski definition) is 4. The molecule has 4 aromatic rings. The van der Waals surface area contributed by atoms with Crippen LogP contribution in [0.25, 0.3) is 6.08 Å². The molecule has 1 atom stereocenters. The van der Waals surface area contributed by atoms with Crippen LogP contribution in [0.1, 0.15) is 50.2 Å². The Morgan fingerprint density at radius 3 is 2.17 bits per heavy atom. The Morgan fingerprint density at radius 1 is 0.854 bits per heavy atom. The molecule has 0 N–H and O–H groups in total. The second-order valence-electron chi connectivity index (χ2n) is 10.1. The van der Waals surface area contributed by atoms with Gasteiger partial charge in [0.15, 0.2) is 0 Å². The van der Waals surface area contributed by atoms with Crippen molar-refractivity contribution in [1.82, 2.24) is 0 Å². The number of nitriles is 1. The molecular weight excluding hydrogens is 513 g/mol. The molecule has 41 heavy (non-hydrogen) atoms. The van der Waals surface area contributed by atoms with Crippen molar-refractivity contribution in [3.63, 3.8) is 0 Å². The lowest BCUT2D eigenvalue weighted by Gasteiger charge is -2.15. The highest BCUT2D eigenvalue weighted by Crippen LogP contribution is 2.23. The number of carbonyl (C=O) groups excluding carboxylic acids is 1. The fourth-order valence-corrected chi connectivity index (χ4v) is 4.82. The maximum absolute atomic E-state index is 14.3. The van der Waals surface area contributed by atoms with Gasteiger partial charge in [-0.25, -0.2) is 9.18 Å². The Balaban J connectivity index is 1.52. The molecule has 0 bridgehead atoms. The summed E-state index contributed by atoms with van der Waals surface area (Å²) in [5, 5.41) is 9.10. The minimum absolute atomic E-state index is 0.173. The van der Waals surface area contributed by atoms with Gasteiger partial charge in [0.1, 0.15) is 11.6 Å². The maximum atomic E-state index is 14.3. The number of allylic oxidation sites excluding steroid dienone is 1. The van der Waals surface area contributed by atoms with E-state index in [1.165, 1.54) is 18.7 Å². The van der Waals surface area contributed by atoms with E-state index in [4.69, 9.17) is 14.7 Å². The van der Waals surface area contributed by atoms with Crippen molar-refractivity contribution in [3.8, 4) is 11.8 Å². The summed E-state index contributed by atoms with van der Waals surface area (Å²) in [4.78, 5) is 11.9. The van der Waals surface area contributed by atoms with Gasteiger partial charge < -0.3 is 9.47 Å². The number of aryl methyl sites for hydroxylation is 3. The third-order valence-electron chi connectivity index (χ3n) is 7.26. The van der Waals surface area contributed by atoms with Gasteiger partial charge in [-0.2, -0.15) is 5.26 Å². The van der Waals surface area contributed by atoms with Crippen LogP contribution >= 0.6 is 0 Å². The molecule has 0 heterocycles. The van der Waals surface area contributed by atoms with Gasteiger partial charge in [-0.15, -0.1) is 0 Å². The Labute approximate surface area is 241 Å². The molecular formula is C36H34FNO3. The van der Waals surface area contributed by atoms with E-state index in [0.717, 1.165) is 60.1 Å². The van der Waals surface area contributed by atoms with E-state index in [1.54, 1.807) is 25.3 Å². The van der Waals surface area contributed by atoms with Crippen molar-refractivity contribution in [3.05, 3.63) is 142 Å². The van der Waals surface area contributed by atoms with Crippen LogP contribution in [-0.4, -0.2) is 20.2 Å². The van der Waals surface area contributed by atoms with Crippen LogP contribution in [-0.2, 0) is 30.4 Å². The molecule has 0 aliphatic heterocycles. The summed E-state index contributed by atoms with van der Waals surface area (Å²) < 4.78 is 24.4. The van der Waals surface area contributed by atoms with Crippen molar-refractivity contribution < 1.29 is 18.7 Å². The molecule has 5 heteroatoms. The van der Waals surface area contributed by atoms with E-state index < -0.39 is 0 Å². The first-order valence-corrected chi connectivity index (χ1v) is 13.7. The molecule has 1 unspecified atom stereocenters. The first kappa shape index (κ1) is 29.3. The SMILES string of the molecule is COC(=O)c1ccc(CC(C=Cc2cc(F)ccc2CCc2ccc(OC)cc2)CCc2ccc(C#N)cc2)cc1. The molecule has 0 radical (unpaired) electrons. The van der Waals surface area contributed by atoms with Gasteiger partial charge >= 0.3 is 5.97 Å². The average Bonchev–Trinajstić information content (AvgIpc) is 3.02. The number of methoxy groups -OCH3 is 2. The summed E-state index contributed by atoms with van der Waals surface area (Å²) in [5.41, 5.74) is 6.59. The molecule has 0 aliphatic carbocycles. The summed E-state index contributed by atoms with van der Waals surface area (Å²) in [6, 6.07) is 30.3. The van der Waals surface area contributed by atoms with Crippen LogP contribution in [0.4, 0.5) is 4.39 Å². The second-order valence-corrected chi connectivity index (χ2v) is 10.1. The molecule has 0 aromatic heterocycles. The van der Waals surface area contributed by atoms with Crippen molar-refractivity contribution in [2.45, 2.75) is 32.1 Å². The predicted molar refractivity (Wildman–Crippen MR) is 160 cm³/mol. The fraction of sp³-hybridized carbons (Fsp3) is 0.222. The van der Waals surface area contributed by atoms with Crippen LogP contribution in [0.5, 0.6) is 5.75 Å². The number of ether oxygens (including phenoxy) is 2. The van der Waals surface area contributed by atoms with Gasteiger partial charge in [-0.1, -0.05) is 54.6 Å². The molecule has 0 saturated heterocycles. The van der Waals surface area contributed by atoms with Gasteiger partial charge in [-0.05, 0) is 114 Å². The zero-order valence-electron chi connectivity index (χ0n) is 23.5. The van der Waals surface area contributed by atoms with Crippen LogP contribution in [0, 0.1) is 23.1 Å². The number of hydrogen-bond donors (Lipinski definition) is 0. The zero-order valence-corrected chi connectivity index (χ0v) is 23.5. The summed E-state index contributed by atoms with van der Waals surface area (Å²) in [5.74, 6) is 0.380. The maximum Gasteiger partial charge on any atom is 0.337 e. The lowest BCUT2D eigenvalue weighted by Crippen LogP contribution is -2.05. The van der Waals surface area contributed by atoms with Crippen molar-refractivity contribution in [2.24, 2.45) is 5.92 Å². The monoisotopic (exact) mass is 547 g/mol. The molecule has 0 saturated carbocycles. The number of esters is 1. The highest BCUT2D eigenvalue weighted by Gasteiger charge is 2.11. The molecule has 0 amide bonds. The van der Waals surface area contributed by atoms with Gasteiger partial charge in [0.2, 0.25) is 0 Å². The zero-order chi connectivity index (χ0) is 29.0. The normalized spacial score (nSPS) is 11.7. The second kappa shape index (κ2) is 14.6. The summed E-state index contributed by atoms with van der Waals surface area (Å²) >= 11 is 0. The largest absolute Gasteiger partial charge is 0.497 e. The topological polar surface area (TPSA) is 59.3 Å². The van der Waals surface area contributed by atoms with Gasteiger partial charge in [0.25, 0.3) is 0 Å². The number of rotatable bonds is 12. The third-order valence-corrected chi connectivity index (χ3v) is 7.26. The Kier molecular flexibility index (Phi) is 10.5. The molecule has 4 rings (SSSR count). The number of carbonyl (C=O) groups is 1. The highest BCUT2D eigenvalue weighted by atomic mass is 19.1. The van der Waals surface area contributed by atoms with Crippen LogP contribution in [0.15, 0.2) is 97.1 Å².